The van der Waals surface area contributed by atoms with Gasteiger partial charge in [-0.25, -0.2) is 4.39 Å². The number of nitrogens with zero attached hydrogens (tertiary/aromatic N) is 1. The van der Waals surface area contributed by atoms with Crippen molar-refractivity contribution in [1.82, 2.24) is 0 Å². The van der Waals surface area contributed by atoms with Crippen LogP contribution < -0.4 is 11.1 Å². The van der Waals surface area contributed by atoms with E-state index in [-0.39, 0.29) is 12.4 Å². The summed E-state index contributed by atoms with van der Waals surface area (Å²) in [5, 5.41) is 3.65. The summed E-state index contributed by atoms with van der Waals surface area (Å²) < 4.78 is 19.3. The van der Waals surface area contributed by atoms with Crippen LogP contribution in [0.15, 0.2) is 47.5 Å². The Hall–Kier alpha value is -2.02. The molecule has 0 radical (unpaired) electrons. The summed E-state index contributed by atoms with van der Waals surface area (Å²) in [5.41, 5.74) is 8.62. The van der Waals surface area contributed by atoms with Crippen molar-refractivity contribution in [3.8, 4) is 0 Å². The van der Waals surface area contributed by atoms with Crippen molar-refractivity contribution in [2.24, 2.45) is 10.7 Å². The first-order valence-electron chi connectivity index (χ1n) is 7.98. The number of hydrogen-bond donors (Lipinski definition) is 2. The Morgan fingerprint density at radius 1 is 1.31 bits per heavy atom. The molecule has 1 atom stereocenters. The second-order valence-electron chi connectivity index (χ2n) is 6.12. The number of nitrogens with two attached hydrogens (primary N) is 1. The standard InChI is InChI=1S/C12H14FN3OS.C7H7Cl/c1-12(6-17-5-11(14)16-12)9-4-8(15-7-18)2-3-10(9)13;1-6-2-4-7(8)5-3-6/h2-4,7H,5-6H2,1H3,(H2,14,16)(H,15,18);2-5H,1H3. The van der Waals surface area contributed by atoms with Gasteiger partial charge in [0.2, 0.25) is 0 Å². The molecule has 0 aliphatic carbocycles. The topological polar surface area (TPSA) is 59.6 Å². The Morgan fingerprint density at radius 2 is 2.00 bits per heavy atom. The number of anilines is 1. The lowest BCUT2D eigenvalue weighted by Crippen LogP contribution is -2.38. The molecule has 1 aliphatic rings. The van der Waals surface area contributed by atoms with E-state index in [1.165, 1.54) is 17.1 Å². The molecule has 138 valence electrons. The molecule has 2 aromatic carbocycles. The van der Waals surface area contributed by atoms with Crippen molar-refractivity contribution >= 4 is 40.8 Å². The molecule has 1 aliphatic heterocycles. The first-order valence-corrected chi connectivity index (χ1v) is 8.83. The molecule has 4 nitrogen and oxygen atoms in total. The van der Waals surface area contributed by atoms with Crippen molar-refractivity contribution in [1.29, 1.82) is 0 Å². The highest BCUT2D eigenvalue weighted by molar-refractivity contribution is 7.79. The van der Waals surface area contributed by atoms with E-state index < -0.39 is 5.54 Å². The number of thiocarbonyl (C=S) groups is 1. The SMILES string of the molecule is CC1(c2cc(NC=S)ccc2F)COCC(N)=N1.Cc1ccc(Cl)cc1. The summed E-state index contributed by atoms with van der Waals surface area (Å²) in [7, 11) is 0. The minimum absolute atomic E-state index is 0.287. The monoisotopic (exact) mass is 393 g/mol. The number of aliphatic imine (C=N–C) groups is 1. The van der Waals surface area contributed by atoms with Gasteiger partial charge in [0.05, 0.1) is 12.1 Å². The van der Waals surface area contributed by atoms with Gasteiger partial charge < -0.3 is 15.8 Å². The van der Waals surface area contributed by atoms with Crippen LogP contribution in [0, 0.1) is 12.7 Å². The smallest absolute Gasteiger partial charge is 0.129 e. The summed E-state index contributed by atoms with van der Waals surface area (Å²) >= 11 is 10.3. The average Bonchev–Trinajstić information content (AvgIpc) is 2.60. The first kappa shape index (κ1) is 20.3. The van der Waals surface area contributed by atoms with E-state index in [1.54, 1.807) is 19.1 Å². The van der Waals surface area contributed by atoms with Crippen LogP contribution in [0.2, 0.25) is 5.02 Å². The molecule has 0 amide bonds. The lowest BCUT2D eigenvalue weighted by atomic mass is 9.92. The van der Waals surface area contributed by atoms with Crippen molar-refractivity contribution in [3.63, 3.8) is 0 Å². The van der Waals surface area contributed by atoms with Crippen molar-refractivity contribution in [2.75, 3.05) is 18.5 Å². The highest BCUT2D eigenvalue weighted by atomic mass is 35.5. The molecule has 0 spiro atoms. The highest BCUT2D eigenvalue weighted by Gasteiger charge is 2.32. The average molecular weight is 394 g/mol. The number of aryl methyl sites for hydroxylation is 1. The zero-order valence-electron chi connectivity index (χ0n) is 14.6. The lowest BCUT2D eigenvalue weighted by Gasteiger charge is -2.30. The van der Waals surface area contributed by atoms with Gasteiger partial charge in [0.1, 0.15) is 23.8 Å². The Labute approximate surface area is 163 Å². The molecule has 3 N–H and O–H groups in total. The molecule has 3 rings (SSSR count). The number of ether oxygens (including phenoxy) is 1. The minimum Gasteiger partial charge on any atom is -0.386 e. The van der Waals surface area contributed by atoms with Gasteiger partial charge in [0.25, 0.3) is 0 Å². The normalized spacial score (nSPS) is 19.0. The van der Waals surface area contributed by atoms with Crippen LogP contribution in [0.3, 0.4) is 0 Å². The predicted molar refractivity (Wildman–Crippen MR) is 110 cm³/mol. The van der Waals surface area contributed by atoms with Crippen LogP contribution in [-0.2, 0) is 10.3 Å². The van der Waals surface area contributed by atoms with Crippen molar-refractivity contribution < 1.29 is 9.13 Å². The number of halogens is 2. The second-order valence-corrected chi connectivity index (χ2v) is 6.79. The summed E-state index contributed by atoms with van der Waals surface area (Å²) in [6.07, 6.45) is 0. The summed E-state index contributed by atoms with van der Waals surface area (Å²) in [4.78, 5) is 4.31. The van der Waals surface area contributed by atoms with E-state index in [4.69, 9.17) is 34.3 Å². The van der Waals surface area contributed by atoms with E-state index in [1.807, 2.05) is 31.2 Å². The summed E-state index contributed by atoms with van der Waals surface area (Å²) in [6.45, 7) is 4.41. The van der Waals surface area contributed by atoms with E-state index in [9.17, 15) is 4.39 Å². The summed E-state index contributed by atoms with van der Waals surface area (Å²) in [6, 6.07) is 12.4. The Balaban J connectivity index is 0.000000254. The predicted octanol–water partition coefficient (Wildman–Crippen LogP) is 4.45. The lowest BCUT2D eigenvalue weighted by molar-refractivity contribution is 0.104. The molecule has 26 heavy (non-hydrogen) atoms. The fraction of sp³-hybridized carbons (Fsp3) is 0.263. The minimum atomic E-state index is -0.800. The Kier molecular flexibility index (Phi) is 7.08. The van der Waals surface area contributed by atoms with Crippen LogP contribution in [0.5, 0.6) is 0 Å². The zero-order chi connectivity index (χ0) is 19.2. The molecule has 1 unspecified atom stereocenters. The van der Waals surface area contributed by atoms with Gasteiger partial charge in [-0.1, -0.05) is 41.5 Å². The van der Waals surface area contributed by atoms with Crippen LogP contribution in [0.25, 0.3) is 0 Å². The van der Waals surface area contributed by atoms with Gasteiger partial charge in [-0.2, -0.15) is 0 Å². The fourth-order valence-corrected chi connectivity index (χ4v) is 2.76. The van der Waals surface area contributed by atoms with Gasteiger partial charge in [-0.3, -0.25) is 4.99 Å². The number of hydrogen-bond acceptors (Lipinski definition) is 4. The van der Waals surface area contributed by atoms with Crippen LogP contribution >= 0.6 is 23.8 Å². The number of benzene rings is 2. The maximum atomic E-state index is 13.9. The fourth-order valence-electron chi connectivity index (χ4n) is 2.50. The number of rotatable bonds is 3. The molecule has 0 saturated heterocycles. The molecule has 0 bridgehead atoms. The highest BCUT2D eigenvalue weighted by Crippen LogP contribution is 2.32. The van der Waals surface area contributed by atoms with Gasteiger partial charge in [-0.15, -0.1) is 0 Å². The Morgan fingerprint density at radius 3 is 2.58 bits per heavy atom. The molecule has 0 fully saturated rings. The molecule has 2 aromatic rings. The van der Waals surface area contributed by atoms with Gasteiger partial charge >= 0.3 is 0 Å². The van der Waals surface area contributed by atoms with Gasteiger partial charge in [0.15, 0.2) is 0 Å². The largest absolute Gasteiger partial charge is 0.386 e. The van der Waals surface area contributed by atoms with Crippen molar-refractivity contribution in [3.05, 3.63) is 64.4 Å². The van der Waals surface area contributed by atoms with Crippen LogP contribution in [0.1, 0.15) is 18.1 Å². The van der Waals surface area contributed by atoms with E-state index in [2.05, 4.69) is 10.3 Å². The molecular weight excluding hydrogens is 373 g/mol. The van der Waals surface area contributed by atoms with Gasteiger partial charge in [0, 0.05) is 16.3 Å². The van der Waals surface area contributed by atoms with Crippen molar-refractivity contribution in [2.45, 2.75) is 19.4 Å². The van der Waals surface area contributed by atoms with E-state index in [0.29, 0.717) is 23.7 Å². The summed E-state index contributed by atoms with van der Waals surface area (Å²) in [5.74, 6) is 0.0332. The molecule has 0 saturated carbocycles. The quantitative estimate of drug-likeness (QED) is 0.756. The zero-order valence-corrected chi connectivity index (χ0v) is 16.2. The number of amidine groups is 1. The Bertz CT molecular complexity index is 777. The molecule has 0 aromatic heterocycles. The number of nitrogens with one attached hydrogen (secondary N) is 1. The maximum Gasteiger partial charge on any atom is 0.129 e. The third kappa shape index (κ3) is 5.49. The molecular formula is C19H21ClFN3OS. The first-order chi connectivity index (χ1) is 12.3. The second kappa shape index (κ2) is 9.07. The third-order valence-electron chi connectivity index (χ3n) is 3.81. The maximum absolute atomic E-state index is 13.9. The molecule has 1 heterocycles. The van der Waals surface area contributed by atoms with E-state index in [0.717, 1.165) is 5.02 Å². The molecule has 7 heteroatoms. The van der Waals surface area contributed by atoms with E-state index >= 15 is 0 Å². The van der Waals surface area contributed by atoms with Crippen LogP contribution in [-0.4, -0.2) is 24.5 Å². The van der Waals surface area contributed by atoms with Gasteiger partial charge in [-0.05, 0) is 44.2 Å². The van der Waals surface area contributed by atoms with Crippen LogP contribution in [0.4, 0.5) is 10.1 Å². The third-order valence-corrected chi connectivity index (χ3v) is 4.18.